The molecule has 4 rings (SSSR count). The highest BCUT2D eigenvalue weighted by Gasteiger charge is 2.15. The number of ether oxygens (including phenoxy) is 3. The monoisotopic (exact) mass is 424 g/mol. The zero-order valence-electron chi connectivity index (χ0n) is 16.7. The highest BCUT2D eigenvalue weighted by atomic mass is 32.1. The Hall–Kier alpha value is -3.59. The van der Waals surface area contributed by atoms with E-state index in [4.69, 9.17) is 14.2 Å². The molecule has 2 aromatic heterocycles. The number of hydrogen-bond donors (Lipinski definition) is 1. The van der Waals surface area contributed by atoms with E-state index in [9.17, 15) is 4.79 Å². The van der Waals surface area contributed by atoms with Crippen molar-refractivity contribution >= 4 is 33.3 Å². The number of carbonyl (C=O) groups excluding carboxylic acids is 1. The molecular formula is C21H20N4O4S. The highest BCUT2D eigenvalue weighted by molar-refractivity contribution is 7.20. The summed E-state index contributed by atoms with van der Waals surface area (Å²) in [6.07, 6.45) is 0. The first-order valence-corrected chi connectivity index (χ1v) is 9.95. The van der Waals surface area contributed by atoms with E-state index in [-0.39, 0.29) is 12.5 Å². The number of rotatable bonds is 7. The molecule has 0 saturated carbocycles. The molecule has 0 aliphatic rings. The van der Waals surface area contributed by atoms with Gasteiger partial charge in [0.15, 0.2) is 6.61 Å². The SMILES string of the molecule is COc1ccc(OCC(=O)Nc2cc(C)nn2-c2nc3cc(OC)ccc3s2)cc1. The lowest BCUT2D eigenvalue weighted by atomic mass is 10.3. The Morgan fingerprint density at radius 1 is 1.03 bits per heavy atom. The maximum Gasteiger partial charge on any atom is 0.263 e. The second-order valence-corrected chi connectivity index (χ2v) is 7.43. The molecule has 9 heteroatoms. The van der Waals surface area contributed by atoms with Crippen molar-refractivity contribution in [3.8, 4) is 22.4 Å². The van der Waals surface area contributed by atoms with Gasteiger partial charge in [-0.15, -0.1) is 0 Å². The third kappa shape index (κ3) is 4.20. The van der Waals surface area contributed by atoms with E-state index in [2.05, 4.69) is 15.4 Å². The minimum absolute atomic E-state index is 0.131. The van der Waals surface area contributed by atoms with Gasteiger partial charge in [-0.3, -0.25) is 4.79 Å². The van der Waals surface area contributed by atoms with Gasteiger partial charge in [-0.05, 0) is 43.3 Å². The molecule has 0 bridgehead atoms. The Bertz CT molecular complexity index is 1180. The average molecular weight is 424 g/mol. The van der Waals surface area contributed by atoms with Crippen molar-refractivity contribution in [2.45, 2.75) is 6.92 Å². The van der Waals surface area contributed by atoms with Gasteiger partial charge in [0.25, 0.3) is 5.91 Å². The normalized spacial score (nSPS) is 10.8. The van der Waals surface area contributed by atoms with Gasteiger partial charge in [0.2, 0.25) is 5.13 Å². The first-order chi connectivity index (χ1) is 14.6. The van der Waals surface area contributed by atoms with Crippen molar-refractivity contribution in [2.24, 2.45) is 0 Å². The summed E-state index contributed by atoms with van der Waals surface area (Å²) in [7, 11) is 3.21. The minimum atomic E-state index is -0.297. The Balaban J connectivity index is 1.49. The average Bonchev–Trinajstić information content (AvgIpc) is 3.34. The lowest BCUT2D eigenvalue weighted by Gasteiger charge is -2.08. The second-order valence-electron chi connectivity index (χ2n) is 6.43. The molecule has 154 valence electrons. The topological polar surface area (TPSA) is 87.5 Å². The van der Waals surface area contributed by atoms with E-state index in [1.165, 1.54) is 11.3 Å². The third-order valence-corrected chi connectivity index (χ3v) is 5.30. The van der Waals surface area contributed by atoms with E-state index in [0.717, 1.165) is 27.4 Å². The zero-order chi connectivity index (χ0) is 21.1. The fourth-order valence-corrected chi connectivity index (χ4v) is 3.76. The van der Waals surface area contributed by atoms with Gasteiger partial charge >= 0.3 is 0 Å². The summed E-state index contributed by atoms with van der Waals surface area (Å²) in [5.41, 5.74) is 1.57. The van der Waals surface area contributed by atoms with E-state index in [1.807, 2.05) is 25.1 Å². The van der Waals surface area contributed by atoms with Crippen molar-refractivity contribution in [3.63, 3.8) is 0 Å². The van der Waals surface area contributed by atoms with Gasteiger partial charge in [-0.1, -0.05) is 11.3 Å². The molecule has 0 fully saturated rings. The smallest absolute Gasteiger partial charge is 0.263 e. The van der Waals surface area contributed by atoms with Gasteiger partial charge in [-0.2, -0.15) is 9.78 Å². The fraction of sp³-hybridized carbons (Fsp3) is 0.190. The zero-order valence-corrected chi connectivity index (χ0v) is 17.5. The molecular weight excluding hydrogens is 404 g/mol. The summed E-state index contributed by atoms with van der Waals surface area (Å²) in [4.78, 5) is 17.0. The van der Waals surface area contributed by atoms with Crippen LogP contribution in [0.5, 0.6) is 17.2 Å². The van der Waals surface area contributed by atoms with Crippen molar-refractivity contribution in [1.29, 1.82) is 0 Å². The number of thiazole rings is 1. The predicted octanol–water partition coefficient (Wildman–Crippen LogP) is 3.83. The van der Waals surface area contributed by atoms with Gasteiger partial charge < -0.3 is 19.5 Å². The van der Waals surface area contributed by atoms with Gasteiger partial charge in [0.05, 0.1) is 30.1 Å². The summed E-state index contributed by atoms with van der Waals surface area (Å²) in [6.45, 7) is 1.73. The van der Waals surface area contributed by atoms with Crippen molar-refractivity contribution < 1.29 is 19.0 Å². The van der Waals surface area contributed by atoms with E-state index in [0.29, 0.717) is 16.7 Å². The standard InChI is InChI=1S/C21H20N4O4S/c1-13-10-19(23-20(26)12-29-15-6-4-14(27-2)5-7-15)25(24-13)21-22-17-11-16(28-3)8-9-18(17)30-21/h4-11H,12H2,1-3H3,(H,23,26). The second kappa shape index (κ2) is 8.42. The van der Waals surface area contributed by atoms with Crippen molar-refractivity contribution in [2.75, 3.05) is 26.1 Å². The summed E-state index contributed by atoms with van der Waals surface area (Å²) >= 11 is 1.48. The molecule has 2 heterocycles. The molecule has 0 aliphatic carbocycles. The number of nitrogens with one attached hydrogen (secondary N) is 1. The minimum Gasteiger partial charge on any atom is -0.497 e. The first kappa shape index (κ1) is 19.7. The lowest BCUT2D eigenvalue weighted by molar-refractivity contribution is -0.118. The molecule has 8 nitrogen and oxygen atoms in total. The Labute approximate surface area is 177 Å². The number of carbonyl (C=O) groups is 1. The fourth-order valence-electron chi connectivity index (χ4n) is 2.85. The molecule has 30 heavy (non-hydrogen) atoms. The van der Waals surface area contributed by atoms with Crippen LogP contribution in [-0.2, 0) is 4.79 Å². The molecule has 2 aromatic carbocycles. The molecule has 0 unspecified atom stereocenters. The quantitative estimate of drug-likeness (QED) is 0.485. The van der Waals surface area contributed by atoms with Crippen LogP contribution >= 0.6 is 11.3 Å². The number of amides is 1. The number of aryl methyl sites for hydroxylation is 1. The van der Waals surface area contributed by atoms with Crippen LogP contribution in [0.3, 0.4) is 0 Å². The number of nitrogens with zero attached hydrogens (tertiary/aromatic N) is 3. The number of benzene rings is 2. The molecule has 0 spiro atoms. The van der Waals surface area contributed by atoms with Crippen LogP contribution in [0.2, 0.25) is 0 Å². The number of aromatic nitrogens is 3. The number of hydrogen-bond acceptors (Lipinski definition) is 7. The van der Waals surface area contributed by atoms with Crippen LogP contribution in [0.1, 0.15) is 5.69 Å². The molecule has 4 aromatic rings. The van der Waals surface area contributed by atoms with Crippen LogP contribution in [0, 0.1) is 6.92 Å². The van der Waals surface area contributed by atoms with Crippen molar-refractivity contribution in [3.05, 3.63) is 54.2 Å². The summed E-state index contributed by atoms with van der Waals surface area (Å²) in [5, 5.41) is 7.97. The number of methoxy groups -OCH3 is 2. The lowest BCUT2D eigenvalue weighted by Crippen LogP contribution is -2.21. The molecule has 0 aliphatic heterocycles. The Morgan fingerprint density at radius 3 is 2.47 bits per heavy atom. The van der Waals surface area contributed by atoms with Crippen LogP contribution in [0.4, 0.5) is 5.82 Å². The third-order valence-electron chi connectivity index (χ3n) is 4.29. The maximum absolute atomic E-state index is 12.4. The number of fused-ring (bicyclic) bond motifs is 1. The maximum atomic E-state index is 12.4. The van der Waals surface area contributed by atoms with Crippen LogP contribution < -0.4 is 19.5 Å². The first-order valence-electron chi connectivity index (χ1n) is 9.14. The van der Waals surface area contributed by atoms with E-state index >= 15 is 0 Å². The van der Waals surface area contributed by atoms with Crippen LogP contribution in [-0.4, -0.2) is 41.5 Å². The van der Waals surface area contributed by atoms with Crippen LogP contribution in [0.15, 0.2) is 48.5 Å². The number of anilines is 1. The van der Waals surface area contributed by atoms with E-state index in [1.54, 1.807) is 49.2 Å². The summed E-state index contributed by atoms with van der Waals surface area (Å²) in [6, 6.07) is 14.5. The molecule has 0 radical (unpaired) electrons. The molecule has 1 N–H and O–H groups in total. The van der Waals surface area contributed by atoms with Gasteiger partial charge in [0.1, 0.15) is 23.1 Å². The van der Waals surface area contributed by atoms with E-state index < -0.39 is 0 Å². The largest absolute Gasteiger partial charge is 0.497 e. The molecule has 1 amide bonds. The van der Waals surface area contributed by atoms with Crippen LogP contribution in [0.25, 0.3) is 15.3 Å². The van der Waals surface area contributed by atoms with Gasteiger partial charge in [0, 0.05) is 12.1 Å². The summed E-state index contributed by atoms with van der Waals surface area (Å²) in [5.74, 6) is 2.27. The predicted molar refractivity (Wildman–Crippen MR) is 115 cm³/mol. The Kier molecular flexibility index (Phi) is 5.53. The highest BCUT2D eigenvalue weighted by Crippen LogP contribution is 2.29. The summed E-state index contributed by atoms with van der Waals surface area (Å²) < 4.78 is 18.5. The molecule has 0 saturated heterocycles. The van der Waals surface area contributed by atoms with Crippen molar-refractivity contribution in [1.82, 2.24) is 14.8 Å². The molecule has 0 atom stereocenters. The Morgan fingerprint density at radius 2 is 1.73 bits per heavy atom. The van der Waals surface area contributed by atoms with Gasteiger partial charge in [-0.25, -0.2) is 4.98 Å².